The second kappa shape index (κ2) is 7.67. The molecule has 29 heavy (non-hydrogen) atoms. The minimum Gasteiger partial charge on any atom is -0.497 e. The molecule has 6 heteroatoms. The molecule has 1 saturated heterocycles. The lowest BCUT2D eigenvalue weighted by atomic mass is 10.1. The fourth-order valence-electron chi connectivity index (χ4n) is 3.23. The predicted octanol–water partition coefficient (Wildman–Crippen LogP) is 3.89. The fourth-order valence-corrected chi connectivity index (χ4v) is 3.23. The van der Waals surface area contributed by atoms with E-state index in [-0.39, 0.29) is 18.1 Å². The number of benzene rings is 2. The molecule has 146 valence electrons. The number of imide groups is 1. The maximum atomic E-state index is 12.8. The summed E-state index contributed by atoms with van der Waals surface area (Å²) in [5.41, 5.74) is 4.01. The molecule has 6 nitrogen and oxygen atoms in total. The van der Waals surface area contributed by atoms with E-state index in [1.807, 2.05) is 78.4 Å². The van der Waals surface area contributed by atoms with E-state index in [9.17, 15) is 9.59 Å². The average Bonchev–Trinajstić information content (AvgIpc) is 3.30. The molecular formula is C23H21N3O3. The number of aryl methyl sites for hydroxylation is 1. The lowest BCUT2D eigenvalue weighted by molar-refractivity contribution is -0.123. The molecular weight excluding hydrogens is 366 g/mol. The van der Waals surface area contributed by atoms with Crippen LogP contribution in [0.5, 0.6) is 5.75 Å². The lowest BCUT2D eigenvalue weighted by Gasteiger charge is -2.12. The highest BCUT2D eigenvalue weighted by Crippen LogP contribution is 2.21. The molecule has 0 unspecified atom stereocenters. The number of carbonyl (C=O) groups is 2. The number of hydrogen-bond acceptors (Lipinski definition) is 3. The van der Waals surface area contributed by atoms with Crippen LogP contribution in [-0.4, -0.2) is 28.5 Å². The Hall–Kier alpha value is -3.80. The Labute approximate surface area is 169 Å². The van der Waals surface area contributed by atoms with Crippen molar-refractivity contribution in [3.8, 4) is 11.4 Å². The molecule has 1 fully saturated rings. The minimum absolute atomic E-state index is 0.238. The van der Waals surface area contributed by atoms with Crippen LogP contribution in [0, 0.1) is 6.92 Å². The molecule has 4 rings (SSSR count). The molecule has 1 aromatic heterocycles. The van der Waals surface area contributed by atoms with Crippen molar-refractivity contribution in [2.45, 2.75) is 13.5 Å². The average molecular weight is 387 g/mol. The van der Waals surface area contributed by atoms with Gasteiger partial charge in [0.1, 0.15) is 11.4 Å². The number of ether oxygens (including phenoxy) is 1. The molecule has 2 heterocycles. The van der Waals surface area contributed by atoms with Gasteiger partial charge in [0.25, 0.3) is 5.91 Å². The van der Waals surface area contributed by atoms with E-state index in [0.29, 0.717) is 0 Å². The van der Waals surface area contributed by atoms with Crippen LogP contribution in [0.3, 0.4) is 0 Å². The summed E-state index contributed by atoms with van der Waals surface area (Å²) in [5, 5.41) is 2.69. The van der Waals surface area contributed by atoms with E-state index in [4.69, 9.17) is 4.74 Å². The molecule has 1 aliphatic rings. The molecule has 2 aromatic carbocycles. The summed E-state index contributed by atoms with van der Waals surface area (Å²) < 4.78 is 7.14. The van der Waals surface area contributed by atoms with Gasteiger partial charge in [0.2, 0.25) is 0 Å². The standard InChI is InChI=1S/C23H21N3O3/c1-16-5-7-17(8-6-16)15-26-22(27)21(24-23(26)28)14-19-4-3-13-25(19)18-9-11-20(29-2)12-10-18/h3-14H,15H2,1-2H3,(H,24,28)/b21-14+. The highest BCUT2D eigenvalue weighted by molar-refractivity contribution is 6.13. The third-order valence-corrected chi connectivity index (χ3v) is 4.85. The second-order valence-electron chi connectivity index (χ2n) is 6.87. The Morgan fingerprint density at radius 2 is 1.72 bits per heavy atom. The van der Waals surface area contributed by atoms with Gasteiger partial charge < -0.3 is 14.6 Å². The van der Waals surface area contributed by atoms with E-state index in [1.54, 1.807) is 13.2 Å². The highest BCUT2D eigenvalue weighted by Gasteiger charge is 2.33. The largest absolute Gasteiger partial charge is 0.497 e. The van der Waals surface area contributed by atoms with Gasteiger partial charge in [0.15, 0.2) is 0 Å². The van der Waals surface area contributed by atoms with Crippen molar-refractivity contribution in [3.05, 3.63) is 89.4 Å². The summed E-state index contributed by atoms with van der Waals surface area (Å²) in [6.45, 7) is 2.23. The zero-order valence-electron chi connectivity index (χ0n) is 16.3. The van der Waals surface area contributed by atoms with Gasteiger partial charge in [0.05, 0.1) is 13.7 Å². The topological polar surface area (TPSA) is 63.6 Å². The lowest BCUT2D eigenvalue weighted by Crippen LogP contribution is -2.30. The van der Waals surface area contributed by atoms with Crippen molar-refractivity contribution in [2.24, 2.45) is 0 Å². The van der Waals surface area contributed by atoms with Crippen LogP contribution in [0.4, 0.5) is 4.79 Å². The van der Waals surface area contributed by atoms with Crippen molar-refractivity contribution in [3.63, 3.8) is 0 Å². The van der Waals surface area contributed by atoms with E-state index < -0.39 is 6.03 Å². The normalized spacial score (nSPS) is 15.1. The molecule has 0 atom stereocenters. The van der Waals surface area contributed by atoms with Crippen molar-refractivity contribution in [2.75, 3.05) is 7.11 Å². The molecule has 0 spiro atoms. The van der Waals surface area contributed by atoms with Crippen LogP contribution < -0.4 is 10.1 Å². The van der Waals surface area contributed by atoms with Crippen LogP contribution >= 0.6 is 0 Å². The number of methoxy groups -OCH3 is 1. The zero-order chi connectivity index (χ0) is 20.4. The molecule has 3 aromatic rings. The third-order valence-electron chi connectivity index (χ3n) is 4.85. The number of nitrogens with zero attached hydrogens (tertiary/aromatic N) is 2. The van der Waals surface area contributed by atoms with Gasteiger partial charge in [-0.1, -0.05) is 29.8 Å². The van der Waals surface area contributed by atoms with Gasteiger partial charge >= 0.3 is 6.03 Å². The van der Waals surface area contributed by atoms with Crippen LogP contribution in [-0.2, 0) is 11.3 Å². The minimum atomic E-state index is -0.413. The molecule has 3 amide bonds. The van der Waals surface area contributed by atoms with Crippen LogP contribution in [0.15, 0.2) is 72.6 Å². The second-order valence-corrected chi connectivity index (χ2v) is 6.87. The quantitative estimate of drug-likeness (QED) is 0.534. The van der Waals surface area contributed by atoms with Gasteiger partial charge in [-0.2, -0.15) is 0 Å². The Kier molecular flexibility index (Phi) is 4.91. The summed E-state index contributed by atoms with van der Waals surface area (Å²) in [6.07, 6.45) is 3.60. The van der Waals surface area contributed by atoms with Gasteiger partial charge in [-0.3, -0.25) is 9.69 Å². The van der Waals surface area contributed by atoms with Crippen molar-refractivity contribution in [1.82, 2.24) is 14.8 Å². The van der Waals surface area contributed by atoms with Crippen molar-refractivity contribution >= 4 is 18.0 Å². The van der Waals surface area contributed by atoms with E-state index in [1.165, 1.54) is 4.90 Å². The maximum Gasteiger partial charge on any atom is 0.329 e. The maximum absolute atomic E-state index is 12.8. The first kappa shape index (κ1) is 18.6. The predicted molar refractivity (Wildman–Crippen MR) is 111 cm³/mol. The first-order chi connectivity index (χ1) is 14.0. The first-order valence-corrected chi connectivity index (χ1v) is 9.27. The summed E-state index contributed by atoms with van der Waals surface area (Å²) in [4.78, 5) is 26.4. The zero-order valence-corrected chi connectivity index (χ0v) is 16.3. The molecule has 1 N–H and O–H groups in total. The molecule has 0 saturated carbocycles. The number of hydrogen-bond donors (Lipinski definition) is 1. The third kappa shape index (κ3) is 3.78. The van der Waals surface area contributed by atoms with Crippen LogP contribution in [0.1, 0.15) is 16.8 Å². The molecule has 0 radical (unpaired) electrons. The number of aromatic nitrogens is 1. The smallest absolute Gasteiger partial charge is 0.329 e. The highest BCUT2D eigenvalue weighted by atomic mass is 16.5. The van der Waals surface area contributed by atoms with Crippen molar-refractivity contribution in [1.29, 1.82) is 0 Å². The monoisotopic (exact) mass is 387 g/mol. The van der Waals surface area contributed by atoms with E-state index in [2.05, 4.69) is 5.32 Å². The number of rotatable bonds is 5. The van der Waals surface area contributed by atoms with E-state index in [0.717, 1.165) is 28.3 Å². The Morgan fingerprint density at radius 1 is 1.00 bits per heavy atom. The number of amides is 3. The molecule has 0 aliphatic carbocycles. The summed E-state index contributed by atoms with van der Waals surface area (Å²) in [5.74, 6) is 0.434. The Morgan fingerprint density at radius 3 is 2.41 bits per heavy atom. The summed E-state index contributed by atoms with van der Waals surface area (Å²) in [7, 11) is 1.62. The first-order valence-electron chi connectivity index (χ1n) is 9.27. The van der Waals surface area contributed by atoms with Gasteiger partial charge in [-0.25, -0.2) is 4.79 Å². The number of carbonyl (C=O) groups excluding carboxylic acids is 2. The molecule has 0 bridgehead atoms. The van der Waals surface area contributed by atoms with Gasteiger partial charge in [-0.15, -0.1) is 0 Å². The SMILES string of the molecule is COc1ccc(-n2cccc2/C=C2/NC(=O)N(Cc3ccc(C)cc3)C2=O)cc1. The van der Waals surface area contributed by atoms with Crippen molar-refractivity contribution < 1.29 is 14.3 Å². The number of nitrogens with one attached hydrogen (secondary N) is 1. The van der Waals surface area contributed by atoms with E-state index >= 15 is 0 Å². The summed E-state index contributed by atoms with van der Waals surface area (Å²) >= 11 is 0. The fraction of sp³-hybridized carbons (Fsp3) is 0.130. The molecule has 1 aliphatic heterocycles. The Balaban J connectivity index is 1.57. The van der Waals surface area contributed by atoms with Gasteiger partial charge in [-0.05, 0) is 55.0 Å². The van der Waals surface area contributed by atoms with Crippen LogP contribution in [0.2, 0.25) is 0 Å². The number of urea groups is 1. The Bertz CT molecular complexity index is 1080. The van der Waals surface area contributed by atoms with Crippen LogP contribution in [0.25, 0.3) is 11.8 Å². The summed E-state index contributed by atoms with van der Waals surface area (Å²) in [6, 6.07) is 18.7. The van der Waals surface area contributed by atoms with Gasteiger partial charge in [0, 0.05) is 17.6 Å².